The lowest BCUT2D eigenvalue weighted by Crippen LogP contribution is -1.83. The van der Waals surface area contributed by atoms with E-state index in [1.54, 1.807) is 0 Å². The molecule has 0 saturated carbocycles. The summed E-state index contributed by atoms with van der Waals surface area (Å²) < 4.78 is 12.5. The van der Waals surface area contributed by atoms with Crippen LogP contribution in [0.25, 0.3) is 64.6 Å². The Kier molecular flexibility index (Phi) is 4.36. The molecule has 2 heteroatoms. The Labute approximate surface area is 230 Å². The van der Waals surface area contributed by atoms with Gasteiger partial charge in [0.25, 0.3) is 0 Å². The molecular formula is C38H22O2. The Morgan fingerprint density at radius 3 is 1.05 bits per heavy atom. The molecule has 0 aliphatic heterocycles. The van der Waals surface area contributed by atoms with Gasteiger partial charge in [0, 0.05) is 0 Å². The predicted molar refractivity (Wildman–Crippen MR) is 167 cm³/mol. The molecule has 40 heavy (non-hydrogen) atoms. The van der Waals surface area contributed by atoms with Gasteiger partial charge < -0.3 is 9.47 Å². The molecule has 0 aliphatic carbocycles. The van der Waals surface area contributed by atoms with Gasteiger partial charge >= 0.3 is 0 Å². The predicted octanol–water partition coefficient (Wildman–Crippen LogP) is 11.1. The van der Waals surface area contributed by atoms with Crippen molar-refractivity contribution in [1.29, 1.82) is 0 Å². The number of para-hydroxylation sites is 2. The van der Waals surface area contributed by atoms with Crippen LogP contribution in [0.2, 0.25) is 0 Å². The van der Waals surface area contributed by atoms with Crippen molar-refractivity contribution < 1.29 is 9.47 Å². The fourth-order valence-electron chi connectivity index (χ4n) is 6.64. The highest BCUT2D eigenvalue weighted by atomic mass is 16.5. The number of hydrogen-bond acceptors (Lipinski definition) is 2. The summed E-state index contributed by atoms with van der Waals surface area (Å²) in [5, 5.41) is 15.4. The second-order valence-electron chi connectivity index (χ2n) is 10.5. The minimum atomic E-state index is 0.843. The normalized spacial score (nSPS) is 12.0. The lowest BCUT2D eigenvalue weighted by atomic mass is 9.95. The summed E-state index contributed by atoms with van der Waals surface area (Å²) in [7, 11) is 0. The Morgan fingerprint density at radius 2 is 0.625 bits per heavy atom. The van der Waals surface area contributed by atoms with E-state index < -0.39 is 0 Å². The minimum Gasteiger partial charge on any atom is -0.457 e. The zero-order valence-electron chi connectivity index (χ0n) is 21.5. The Morgan fingerprint density at radius 1 is 0.250 bits per heavy atom. The van der Waals surface area contributed by atoms with E-state index in [1.165, 1.54) is 64.6 Å². The molecular weight excluding hydrogens is 488 g/mol. The van der Waals surface area contributed by atoms with Gasteiger partial charge in [0.2, 0.25) is 0 Å². The van der Waals surface area contributed by atoms with Crippen LogP contribution in [-0.2, 0) is 0 Å². The summed E-state index contributed by atoms with van der Waals surface area (Å²) in [6, 6.07) is 46.4. The van der Waals surface area contributed by atoms with Crippen LogP contribution in [0.1, 0.15) is 0 Å². The van der Waals surface area contributed by atoms with E-state index >= 15 is 0 Å². The first-order valence-electron chi connectivity index (χ1n) is 13.6. The molecule has 0 spiro atoms. The smallest absolute Gasteiger partial charge is 0.128 e. The number of benzene rings is 7. The molecule has 0 saturated heterocycles. The molecule has 0 bridgehead atoms. The molecule has 9 rings (SSSR count). The van der Waals surface area contributed by atoms with Crippen LogP contribution in [0.15, 0.2) is 133 Å². The maximum absolute atomic E-state index is 6.23. The molecule has 186 valence electrons. The Bertz CT molecular complexity index is 2190. The summed E-state index contributed by atoms with van der Waals surface area (Å²) >= 11 is 0. The monoisotopic (exact) mass is 510 g/mol. The highest BCUT2D eigenvalue weighted by Crippen LogP contribution is 2.50. The molecule has 9 aromatic carbocycles. The number of fused-ring (bicyclic) bond motifs is 8. The van der Waals surface area contributed by atoms with Crippen molar-refractivity contribution in [3.63, 3.8) is 0 Å². The van der Waals surface area contributed by atoms with E-state index in [1.807, 2.05) is 60.7 Å². The first kappa shape index (κ1) is 21.6. The van der Waals surface area contributed by atoms with Gasteiger partial charge in [-0.1, -0.05) is 84.9 Å². The van der Waals surface area contributed by atoms with Gasteiger partial charge in [-0.3, -0.25) is 0 Å². The van der Waals surface area contributed by atoms with Crippen LogP contribution in [0.4, 0.5) is 0 Å². The van der Waals surface area contributed by atoms with Gasteiger partial charge in [-0.05, 0) is 113 Å². The Hall–Kier alpha value is -5.34. The van der Waals surface area contributed by atoms with Crippen LogP contribution in [0.5, 0.6) is 23.0 Å². The molecule has 2 nitrogen and oxygen atoms in total. The second kappa shape index (κ2) is 8.08. The lowest BCUT2D eigenvalue weighted by molar-refractivity contribution is 0.483. The topological polar surface area (TPSA) is 18.5 Å². The van der Waals surface area contributed by atoms with E-state index in [0.717, 1.165) is 23.0 Å². The zero-order chi connectivity index (χ0) is 26.2. The van der Waals surface area contributed by atoms with Crippen molar-refractivity contribution in [2.24, 2.45) is 0 Å². The van der Waals surface area contributed by atoms with Crippen LogP contribution >= 0.6 is 0 Å². The van der Waals surface area contributed by atoms with E-state index in [0.29, 0.717) is 0 Å². The van der Waals surface area contributed by atoms with E-state index in [9.17, 15) is 0 Å². The number of rotatable bonds is 4. The van der Waals surface area contributed by atoms with Gasteiger partial charge in [-0.25, -0.2) is 0 Å². The largest absolute Gasteiger partial charge is 0.457 e. The molecule has 0 aliphatic rings. The molecule has 0 N–H and O–H groups in total. The van der Waals surface area contributed by atoms with Crippen molar-refractivity contribution >= 4 is 64.6 Å². The third kappa shape index (κ3) is 2.99. The third-order valence-electron chi connectivity index (χ3n) is 8.23. The quantitative estimate of drug-likeness (QED) is 0.219. The zero-order valence-corrected chi connectivity index (χ0v) is 21.5. The highest BCUT2D eigenvalue weighted by Gasteiger charge is 2.22. The molecule has 0 heterocycles. The standard InChI is InChI=1S/C38H22O2/c1-3-9-23(10-4-1)39-25-17-19-29-33(21-25)27-13-7-15-31-35(27)37(29)32-16-8-14-28-34-22-26(40-24-11-5-2-6-12-24)18-20-30(34)38(31)36(28)32/h1-22H. The summed E-state index contributed by atoms with van der Waals surface area (Å²) in [6.45, 7) is 0. The third-order valence-corrected chi connectivity index (χ3v) is 8.23. The van der Waals surface area contributed by atoms with Crippen molar-refractivity contribution in [3.8, 4) is 23.0 Å². The summed E-state index contributed by atoms with van der Waals surface area (Å²) in [4.78, 5) is 0. The van der Waals surface area contributed by atoms with Gasteiger partial charge in [-0.2, -0.15) is 0 Å². The van der Waals surface area contributed by atoms with Crippen molar-refractivity contribution in [2.45, 2.75) is 0 Å². The van der Waals surface area contributed by atoms with E-state index in [2.05, 4.69) is 72.8 Å². The number of ether oxygens (including phenoxy) is 2. The highest BCUT2D eigenvalue weighted by molar-refractivity contribution is 6.47. The maximum atomic E-state index is 6.23. The number of hydrogen-bond donors (Lipinski definition) is 0. The van der Waals surface area contributed by atoms with Crippen molar-refractivity contribution in [2.75, 3.05) is 0 Å². The van der Waals surface area contributed by atoms with Gasteiger partial charge in [-0.15, -0.1) is 0 Å². The van der Waals surface area contributed by atoms with Gasteiger partial charge in [0.05, 0.1) is 0 Å². The van der Waals surface area contributed by atoms with Crippen LogP contribution in [-0.4, -0.2) is 0 Å². The fourth-order valence-corrected chi connectivity index (χ4v) is 6.64. The summed E-state index contributed by atoms with van der Waals surface area (Å²) in [5.41, 5.74) is 0. The molecule has 0 fully saturated rings. The van der Waals surface area contributed by atoms with Gasteiger partial charge in [0.1, 0.15) is 23.0 Å². The van der Waals surface area contributed by atoms with Crippen molar-refractivity contribution in [3.05, 3.63) is 133 Å². The average Bonchev–Trinajstić information content (AvgIpc) is 3.51. The molecule has 0 atom stereocenters. The van der Waals surface area contributed by atoms with E-state index in [4.69, 9.17) is 9.47 Å². The lowest BCUT2D eigenvalue weighted by Gasteiger charge is -2.07. The summed E-state index contributed by atoms with van der Waals surface area (Å²) in [5.74, 6) is 3.39. The molecule has 0 amide bonds. The average molecular weight is 511 g/mol. The maximum Gasteiger partial charge on any atom is 0.128 e. The second-order valence-corrected chi connectivity index (χ2v) is 10.5. The van der Waals surface area contributed by atoms with E-state index in [-0.39, 0.29) is 0 Å². The fraction of sp³-hybridized carbons (Fsp3) is 0. The molecule has 0 aromatic heterocycles. The molecule has 0 unspecified atom stereocenters. The summed E-state index contributed by atoms with van der Waals surface area (Å²) in [6.07, 6.45) is 0. The van der Waals surface area contributed by atoms with Crippen LogP contribution in [0.3, 0.4) is 0 Å². The van der Waals surface area contributed by atoms with Crippen molar-refractivity contribution in [1.82, 2.24) is 0 Å². The molecule has 9 aromatic rings. The SMILES string of the molecule is c1ccc(Oc2ccc3c(c2)c2cccc4c2c3c2cccc3c5cc(Oc6ccccc6)ccc5c4c32)cc1. The Balaban J connectivity index is 1.33. The van der Waals surface area contributed by atoms with Gasteiger partial charge in [0.15, 0.2) is 0 Å². The first-order chi connectivity index (χ1) is 19.8. The van der Waals surface area contributed by atoms with Crippen LogP contribution < -0.4 is 9.47 Å². The minimum absolute atomic E-state index is 0.843. The molecule has 0 radical (unpaired) electrons. The first-order valence-corrected chi connectivity index (χ1v) is 13.6. The van der Waals surface area contributed by atoms with Crippen LogP contribution in [0, 0.1) is 0 Å².